The summed E-state index contributed by atoms with van der Waals surface area (Å²) in [5, 5.41) is 4.00. The summed E-state index contributed by atoms with van der Waals surface area (Å²) in [5.74, 6) is 0. The molecule has 11 heavy (non-hydrogen) atoms. The van der Waals surface area contributed by atoms with Crippen molar-refractivity contribution in [3.05, 3.63) is 28.2 Å². The number of rotatable bonds is 2. The van der Waals surface area contributed by atoms with Crippen LogP contribution in [0.15, 0.2) is 16.9 Å². The van der Waals surface area contributed by atoms with E-state index >= 15 is 0 Å². The van der Waals surface area contributed by atoms with E-state index in [1.807, 2.05) is 6.92 Å². The van der Waals surface area contributed by atoms with Gasteiger partial charge in [-0.2, -0.15) is 5.10 Å². The molecule has 4 heteroatoms. The molecule has 0 aliphatic carbocycles. The maximum absolute atomic E-state index is 11.0. The monoisotopic (exact) mass is 153 g/mol. The number of hydrogen-bond acceptors (Lipinski definition) is 3. The summed E-state index contributed by atoms with van der Waals surface area (Å²) in [6, 6.07) is 3.23. The Labute approximate surface area is 64.8 Å². The number of aromatic nitrogens is 2. The van der Waals surface area contributed by atoms with Crippen molar-refractivity contribution in [2.75, 3.05) is 12.5 Å². The van der Waals surface area contributed by atoms with Crippen LogP contribution in [0.25, 0.3) is 0 Å². The summed E-state index contributed by atoms with van der Waals surface area (Å²) < 4.78 is 0. The maximum atomic E-state index is 11.0. The predicted molar refractivity (Wildman–Crippen MR) is 43.2 cm³/mol. The fourth-order valence-electron chi connectivity index (χ4n) is 0.798. The van der Waals surface area contributed by atoms with Crippen LogP contribution >= 0.6 is 0 Å². The molecular formula is C7H11N3O. The van der Waals surface area contributed by atoms with Crippen molar-refractivity contribution in [2.45, 2.75) is 13.3 Å². The van der Waals surface area contributed by atoms with E-state index in [4.69, 9.17) is 0 Å². The van der Waals surface area contributed by atoms with Crippen LogP contribution < -0.4 is 11.0 Å². The summed E-state index contributed by atoms with van der Waals surface area (Å²) in [5.41, 5.74) is 3.43. The predicted octanol–water partition coefficient (Wildman–Crippen LogP) is -0.0210. The zero-order chi connectivity index (χ0) is 8.27. The first-order chi connectivity index (χ1) is 5.27. The van der Waals surface area contributed by atoms with E-state index in [2.05, 4.69) is 10.5 Å². The van der Waals surface area contributed by atoms with E-state index in [1.165, 1.54) is 10.9 Å². The highest BCUT2D eigenvalue weighted by Gasteiger charge is 1.94. The molecule has 0 saturated carbocycles. The fourth-order valence-corrected chi connectivity index (χ4v) is 0.798. The van der Waals surface area contributed by atoms with Gasteiger partial charge in [-0.05, 0) is 12.5 Å². The lowest BCUT2D eigenvalue weighted by Crippen LogP contribution is -2.29. The molecule has 4 nitrogen and oxygen atoms in total. The molecule has 60 valence electrons. The Morgan fingerprint density at radius 3 is 2.91 bits per heavy atom. The van der Waals surface area contributed by atoms with Gasteiger partial charge in [0.15, 0.2) is 0 Å². The molecule has 1 aromatic rings. The van der Waals surface area contributed by atoms with Crippen LogP contribution in [0.3, 0.4) is 0 Å². The Bertz CT molecular complexity index is 292. The molecule has 1 aromatic heterocycles. The second-order valence-electron chi connectivity index (χ2n) is 2.15. The third-order valence-corrected chi connectivity index (χ3v) is 1.43. The molecule has 0 bridgehead atoms. The Morgan fingerprint density at radius 1 is 1.64 bits per heavy atom. The highest BCUT2D eigenvalue weighted by atomic mass is 16.1. The molecule has 0 aliphatic heterocycles. The molecule has 1 heterocycles. The number of nitrogens with one attached hydrogen (secondary N) is 1. The van der Waals surface area contributed by atoms with Crippen molar-refractivity contribution in [1.29, 1.82) is 0 Å². The smallest absolute Gasteiger partial charge is 0.285 e. The van der Waals surface area contributed by atoms with Crippen molar-refractivity contribution >= 4 is 0 Å². The first-order valence-electron chi connectivity index (χ1n) is 3.55. The molecule has 0 spiro atoms. The molecule has 1 rings (SSSR count). The number of hydrogen-bond donors (Lipinski definition) is 1. The molecule has 0 radical (unpaired) electrons. The number of nitrogens with zero attached hydrogens (tertiary/aromatic N) is 2. The van der Waals surface area contributed by atoms with Crippen molar-refractivity contribution < 1.29 is 0 Å². The summed E-state index contributed by atoms with van der Waals surface area (Å²) in [7, 11) is 1.66. The fraction of sp³-hybridized carbons (Fsp3) is 0.429. The van der Waals surface area contributed by atoms with Gasteiger partial charge >= 0.3 is 0 Å². The van der Waals surface area contributed by atoms with E-state index in [1.54, 1.807) is 13.1 Å². The van der Waals surface area contributed by atoms with Crippen LogP contribution in [0.4, 0.5) is 0 Å². The third-order valence-electron chi connectivity index (χ3n) is 1.43. The molecule has 1 N–H and O–H groups in total. The lowest BCUT2D eigenvalue weighted by Gasteiger charge is -2.02. The zero-order valence-electron chi connectivity index (χ0n) is 6.66. The number of aryl methyl sites for hydroxylation is 1. The molecule has 0 fully saturated rings. The highest BCUT2D eigenvalue weighted by Crippen LogP contribution is 1.88. The van der Waals surface area contributed by atoms with Gasteiger partial charge in [0.25, 0.3) is 5.56 Å². The normalized spacial score (nSPS) is 9.64. The summed E-state index contributed by atoms with van der Waals surface area (Å²) in [6.45, 7) is 1.99. The molecule has 0 amide bonds. The van der Waals surface area contributed by atoms with Gasteiger partial charge in [-0.3, -0.25) is 4.79 Å². The second kappa shape index (κ2) is 3.18. The Morgan fingerprint density at radius 2 is 2.36 bits per heavy atom. The van der Waals surface area contributed by atoms with Crippen LogP contribution in [-0.2, 0) is 6.42 Å². The van der Waals surface area contributed by atoms with Crippen molar-refractivity contribution in [3.63, 3.8) is 0 Å². The molecule has 0 aromatic carbocycles. The van der Waals surface area contributed by atoms with Gasteiger partial charge in [-0.1, -0.05) is 6.92 Å². The molecular weight excluding hydrogens is 142 g/mol. The van der Waals surface area contributed by atoms with Gasteiger partial charge in [0.1, 0.15) is 0 Å². The van der Waals surface area contributed by atoms with E-state index in [0.717, 1.165) is 12.1 Å². The third kappa shape index (κ3) is 1.58. The lowest BCUT2D eigenvalue weighted by atomic mass is 10.3. The van der Waals surface area contributed by atoms with Gasteiger partial charge < -0.3 is 5.43 Å². The van der Waals surface area contributed by atoms with Crippen LogP contribution in [0.2, 0.25) is 0 Å². The van der Waals surface area contributed by atoms with Gasteiger partial charge in [-0.15, -0.1) is 4.79 Å². The van der Waals surface area contributed by atoms with Gasteiger partial charge in [-0.25, -0.2) is 0 Å². The minimum absolute atomic E-state index is 0.135. The van der Waals surface area contributed by atoms with E-state index in [0.29, 0.717) is 0 Å². The molecule has 0 unspecified atom stereocenters. The zero-order valence-corrected chi connectivity index (χ0v) is 6.66. The van der Waals surface area contributed by atoms with E-state index < -0.39 is 0 Å². The van der Waals surface area contributed by atoms with E-state index in [9.17, 15) is 4.79 Å². The summed E-state index contributed by atoms with van der Waals surface area (Å²) in [4.78, 5) is 12.2. The maximum Gasteiger partial charge on any atom is 0.285 e. The minimum Gasteiger partial charge on any atom is -0.309 e. The lowest BCUT2D eigenvalue weighted by molar-refractivity contribution is 0.695. The summed E-state index contributed by atoms with van der Waals surface area (Å²) in [6.07, 6.45) is 0.835. The Hall–Kier alpha value is -1.32. The first-order valence-corrected chi connectivity index (χ1v) is 3.55. The van der Waals surface area contributed by atoms with E-state index in [-0.39, 0.29) is 5.56 Å². The molecule has 0 aliphatic rings. The average Bonchev–Trinajstić information content (AvgIpc) is 2.05. The van der Waals surface area contributed by atoms with Crippen molar-refractivity contribution in [2.24, 2.45) is 0 Å². The average molecular weight is 153 g/mol. The molecule has 0 atom stereocenters. The van der Waals surface area contributed by atoms with Gasteiger partial charge in [0.05, 0.1) is 5.69 Å². The van der Waals surface area contributed by atoms with Crippen LogP contribution in [0.5, 0.6) is 0 Å². The largest absolute Gasteiger partial charge is 0.309 e. The van der Waals surface area contributed by atoms with Crippen LogP contribution in [0.1, 0.15) is 12.6 Å². The Balaban J connectivity index is 3.13. The highest BCUT2D eigenvalue weighted by molar-refractivity contribution is 5.00. The quantitative estimate of drug-likeness (QED) is 0.649. The van der Waals surface area contributed by atoms with Gasteiger partial charge in [0, 0.05) is 13.1 Å². The first kappa shape index (κ1) is 7.78. The van der Waals surface area contributed by atoms with Crippen LogP contribution in [0, 0.1) is 0 Å². The topological polar surface area (TPSA) is 46.9 Å². The standard InChI is InChI=1S/C7H11N3O/c1-3-6-4-5-7(11)10(8-2)9-6/h4-5,8H,3H2,1-2H3. The summed E-state index contributed by atoms with van der Waals surface area (Å²) >= 11 is 0. The Kier molecular flexibility index (Phi) is 2.25. The second-order valence-corrected chi connectivity index (χ2v) is 2.15. The minimum atomic E-state index is -0.135. The van der Waals surface area contributed by atoms with Crippen LogP contribution in [-0.4, -0.2) is 16.9 Å². The van der Waals surface area contributed by atoms with Crippen molar-refractivity contribution in [3.8, 4) is 0 Å². The van der Waals surface area contributed by atoms with Crippen molar-refractivity contribution in [1.82, 2.24) is 9.89 Å². The molecule has 0 saturated heterocycles. The van der Waals surface area contributed by atoms with Gasteiger partial charge in [0.2, 0.25) is 0 Å². The SMILES string of the molecule is CCc1ccc(=O)n(NC)n1.